The Morgan fingerprint density at radius 2 is 2.00 bits per heavy atom. The number of rotatable bonds is 6. The van der Waals surface area contributed by atoms with Crippen molar-refractivity contribution in [2.24, 2.45) is 0 Å². The SMILES string of the molecule is CCCC(=O)c1cnc2ccc(Br)cc2c1NC1CCCCC1NC(=O)O. The Hall–Kier alpha value is -2.15. The molecular formula is C20H24BrN3O3. The summed E-state index contributed by atoms with van der Waals surface area (Å²) in [5.41, 5.74) is 2.12. The second-order valence-electron chi connectivity index (χ2n) is 6.97. The number of carbonyl (C=O) groups is 2. The maximum atomic E-state index is 12.7. The smallest absolute Gasteiger partial charge is 0.404 e. The monoisotopic (exact) mass is 433 g/mol. The maximum absolute atomic E-state index is 12.7. The molecule has 27 heavy (non-hydrogen) atoms. The molecule has 7 heteroatoms. The minimum absolute atomic E-state index is 0.0490. The number of fused-ring (bicyclic) bond motifs is 1. The highest BCUT2D eigenvalue weighted by Crippen LogP contribution is 2.32. The van der Waals surface area contributed by atoms with Gasteiger partial charge in [0.25, 0.3) is 0 Å². The van der Waals surface area contributed by atoms with Crippen LogP contribution in [0.25, 0.3) is 10.9 Å². The van der Waals surface area contributed by atoms with Crippen molar-refractivity contribution in [1.29, 1.82) is 0 Å². The van der Waals surface area contributed by atoms with Gasteiger partial charge in [-0.05, 0) is 37.5 Å². The van der Waals surface area contributed by atoms with Crippen LogP contribution in [-0.4, -0.2) is 34.1 Å². The highest BCUT2D eigenvalue weighted by atomic mass is 79.9. The number of nitrogens with one attached hydrogen (secondary N) is 2. The van der Waals surface area contributed by atoms with E-state index in [1.807, 2.05) is 25.1 Å². The molecule has 1 aromatic carbocycles. The van der Waals surface area contributed by atoms with Gasteiger partial charge in [-0.2, -0.15) is 0 Å². The molecule has 2 aromatic rings. The van der Waals surface area contributed by atoms with E-state index >= 15 is 0 Å². The number of aromatic nitrogens is 1. The largest absolute Gasteiger partial charge is 0.465 e. The van der Waals surface area contributed by atoms with Crippen LogP contribution in [-0.2, 0) is 0 Å². The molecule has 0 aliphatic heterocycles. The molecule has 3 rings (SSSR count). The number of hydrogen-bond donors (Lipinski definition) is 3. The Bertz CT molecular complexity index is 856. The Labute approximate surface area is 166 Å². The van der Waals surface area contributed by atoms with E-state index in [9.17, 15) is 9.59 Å². The first-order valence-corrected chi connectivity index (χ1v) is 10.2. The van der Waals surface area contributed by atoms with Gasteiger partial charge in [-0.1, -0.05) is 35.7 Å². The van der Waals surface area contributed by atoms with Gasteiger partial charge in [0.2, 0.25) is 0 Å². The van der Waals surface area contributed by atoms with Crippen LogP contribution in [0, 0.1) is 0 Å². The number of pyridine rings is 1. The standard InChI is InChI=1S/C20H24BrN3O3/c1-2-5-18(25)14-11-22-15-9-8-12(21)10-13(15)19(14)23-16-6-3-4-7-17(16)24-20(26)27/h8-11,16-17,24H,2-7H2,1H3,(H,22,23)(H,26,27). The highest BCUT2D eigenvalue weighted by Gasteiger charge is 2.28. The second kappa shape index (κ2) is 8.69. The molecule has 0 radical (unpaired) electrons. The Morgan fingerprint density at radius 1 is 1.26 bits per heavy atom. The normalized spacial score (nSPS) is 19.6. The van der Waals surface area contributed by atoms with Crippen LogP contribution >= 0.6 is 15.9 Å². The van der Waals surface area contributed by atoms with E-state index in [0.29, 0.717) is 12.0 Å². The summed E-state index contributed by atoms with van der Waals surface area (Å²) in [6.45, 7) is 1.98. The lowest BCUT2D eigenvalue weighted by molar-refractivity contribution is 0.0982. The minimum atomic E-state index is -1.02. The van der Waals surface area contributed by atoms with E-state index in [2.05, 4.69) is 31.5 Å². The quantitative estimate of drug-likeness (QED) is 0.559. The lowest BCUT2D eigenvalue weighted by Crippen LogP contribution is -2.48. The zero-order valence-electron chi connectivity index (χ0n) is 15.3. The van der Waals surface area contributed by atoms with Crippen LogP contribution in [0.2, 0.25) is 0 Å². The van der Waals surface area contributed by atoms with Gasteiger partial charge in [-0.3, -0.25) is 9.78 Å². The molecule has 1 heterocycles. The number of carboxylic acid groups (broad SMARTS) is 1. The number of halogens is 1. The van der Waals surface area contributed by atoms with E-state index < -0.39 is 6.09 Å². The topological polar surface area (TPSA) is 91.3 Å². The van der Waals surface area contributed by atoms with Gasteiger partial charge in [0.1, 0.15) is 0 Å². The first kappa shape index (κ1) is 19.6. The zero-order valence-corrected chi connectivity index (χ0v) is 16.9. The second-order valence-corrected chi connectivity index (χ2v) is 7.89. The van der Waals surface area contributed by atoms with E-state index in [4.69, 9.17) is 5.11 Å². The van der Waals surface area contributed by atoms with E-state index in [1.54, 1.807) is 6.20 Å². The number of carbonyl (C=O) groups excluding carboxylic acids is 1. The lowest BCUT2D eigenvalue weighted by Gasteiger charge is -2.33. The number of anilines is 1. The summed E-state index contributed by atoms with van der Waals surface area (Å²) in [7, 11) is 0. The van der Waals surface area contributed by atoms with Gasteiger partial charge in [0.05, 0.1) is 22.8 Å². The predicted octanol–water partition coefficient (Wildman–Crippen LogP) is 4.97. The third-order valence-corrected chi connectivity index (χ3v) is 5.51. The molecular weight excluding hydrogens is 410 g/mol. The number of Topliss-reactive ketones (excluding diaryl/α,β-unsaturated/α-hetero) is 1. The molecule has 1 amide bonds. The summed E-state index contributed by atoms with van der Waals surface area (Å²) in [4.78, 5) is 28.3. The van der Waals surface area contributed by atoms with Gasteiger partial charge < -0.3 is 15.7 Å². The van der Waals surface area contributed by atoms with Crippen LogP contribution < -0.4 is 10.6 Å². The average molecular weight is 434 g/mol. The third-order valence-electron chi connectivity index (χ3n) is 5.01. The van der Waals surface area contributed by atoms with Crippen molar-refractivity contribution in [3.63, 3.8) is 0 Å². The van der Waals surface area contributed by atoms with Crippen molar-refractivity contribution in [2.45, 2.75) is 57.5 Å². The fourth-order valence-electron chi connectivity index (χ4n) is 3.71. The number of amides is 1. The fourth-order valence-corrected chi connectivity index (χ4v) is 4.07. The average Bonchev–Trinajstić information content (AvgIpc) is 2.63. The summed E-state index contributed by atoms with van der Waals surface area (Å²) in [6.07, 6.45) is 5.50. The first-order valence-electron chi connectivity index (χ1n) is 9.37. The summed E-state index contributed by atoms with van der Waals surface area (Å²) in [5, 5.41) is 16.2. The van der Waals surface area contributed by atoms with Crippen molar-refractivity contribution >= 4 is 44.4 Å². The lowest BCUT2D eigenvalue weighted by atomic mass is 9.89. The van der Waals surface area contributed by atoms with Crippen molar-refractivity contribution in [3.05, 3.63) is 34.4 Å². The number of nitrogens with zero attached hydrogens (tertiary/aromatic N) is 1. The molecule has 0 spiro atoms. The Balaban J connectivity index is 2.03. The van der Waals surface area contributed by atoms with E-state index in [-0.39, 0.29) is 17.9 Å². The highest BCUT2D eigenvalue weighted by molar-refractivity contribution is 9.10. The van der Waals surface area contributed by atoms with E-state index in [1.165, 1.54) is 0 Å². The Kier molecular flexibility index (Phi) is 6.31. The van der Waals surface area contributed by atoms with Gasteiger partial charge in [0.15, 0.2) is 5.78 Å². The van der Waals surface area contributed by atoms with Gasteiger partial charge in [0, 0.05) is 28.5 Å². The van der Waals surface area contributed by atoms with Crippen LogP contribution in [0.15, 0.2) is 28.9 Å². The molecule has 1 aliphatic rings. The summed E-state index contributed by atoms with van der Waals surface area (Å²) in [5.74, 6) is 0.0490. The Morgan fingerprint density at radius 3 is 2.70 bits per heavy atom. The molecule has 1 aromatic heterocycles. The predicted molar refractivity (Wildman–Crippen MR) is 110 cm³/mol. The molecule has 2 atom stereocenters. The molecule has 0 saturated heterocycles. The van der Waals surface area contributed by atoms with Gasteiger partial charge in [-0.15, -0.1) is 0 Å². The molecule has 1 saturated carbocycles. The van der Waals surface area contributed by atoms with Crippen LogP contribution in [0.3, 0.4) is 0 Å². The minimum Gasteiger partial charge on any atom is -0.465 e. The zero-order chi connectivity index (χ0) is 19.4. The number of hydrogen-bond acceptors (Lipinski definition) is 4. The van der Waals surface area contributed by atoms with Crippen molar-refractivity contribution in [1.82, 2.24) is 10.3 Å². The van der Waals surface area contributed by atoms with Crippen molar-refractivity contribution in [3.8, 4) is 0 Å². The van der Waals surface area contributed by atoms with Gasteiger partial charge in [-0.25, -0.2) is 4.79 Å². The van der Waals surface area contributed by atoms with Crippen LogP contribution in [0.5, 0.6) is 0 Å². The third kappa shape index (κ3) is 4.58. The van der Waals surface area contributed by atoms with Crippen molar-refractivity contribution in [2.75, 3.05) is 5.32 Å². The first-order chi connectivity index (χ1) is 13.0. The van der Waals surface area contributed by atoms with Gasteiger partial charge >= 0.3 is 6.09 Å². The molecule has 1 aliphatic carbocycles. The van der Waals surface area contributed by atoms with Crippen LogP contribution in [0.4, 0.5) is 10.5 Å². The summed E-state index contributed by atoms with van der Waals surface area (Å²) >= 11 is 3.50. The fraction of sp³-hybridized carbons (Fsp3) is 0.450. The maximum Gasteiger partial charge on any atom is 0.404 e. The summed E-state index contributed by atoms with van der Waals surface area (Å²) < 4.78 is 0.906. The van der Waals surface area contributed by atoms with E-state index in [0.717, 1.165) is 53.2 Å². The van der Waals surface area contributed by atoms with Crippen LogP contribution in [0.1, 0.15) is 55.8 Å². The number of ketones is 1. The molecule has 6 nitrogen and oxygen atoms in total. The molecule has 1 fully saturated rings. The molecule has 3 N–H and O–H groups in total. The molecule has 0 bridgehead atoms. The molecule has 2 unspecified atom stereocenters. The summed E-state index contributed by atoms with van der Waals surface area (Å²) in [6, 6.07) is 5.54. The molecule has 144 valence electrons. The van der Waals surface area contributed by atoms with Crippen molar-refractivity contribution < 1.29 is 14.7 Å². The number of benzene rings is 1.